The number of nitrogens with zero attached hydrogens (tertiary/aromatic N) is 1. The quantitative estimate of drug-likeness (QED) is 0.795. The van der Waals surface area contributed by atoms with Gasteiger partial charge in [-0.05, 0) is 25.2 Å². The first-order valence-electron chi connectivity index (χ1n) is 5.64. The van der Waals surface area contributed by atoms with E-state index < -0.39 is 10.0 Å². The van der Waals surface area contributed by atoms with Crippen LogP contribution < -0.4 is 4.72 Å². The molecule has 5 nitrogen and oxygen atoms in total. The molecule has 1 aromatic heterocycles. The molecule has 0 bridgehead atoms. The normalized spacial score (nSPS) is 16.3. The molecule has 0 radical (unpaired) electrons. The monoisotopic (exact) mass is 243 g/mol. The van der Waals surface area contributed by atoms with E-state index >= 15 is 0 Å². The Labute approximate surface area is 95.7 Å². The highest BCUT2D eigenvalue weighted by molar-refractivity contribution is 7.92. The van der Waals surface area contributed by atoms with Gasteiger partial charge in [0.1, 0.15) is 0 Å². The van der Waals surface area contributed by atoms with Crippen molar-refractivity contribution in [1.29, 1.82) is 0 Å². The zero-order valence-electron chi connectivity index (χ0n) is 9.36. The smallest absolute Gasteiger partial charge is 0.234 e. The number of hydrogen-bond donors (Lipinski definition) is 2. The third-order valence-corrected chi connectivity index (χ3v) is 3.99. The molecule has 1 heterocycles. The summed E-state index contributed by atoms with van der Waals surface area (Å²) in [6.07, 6.45) is 3.96. The number of sulfonamides is 1. The third kappa shape index (κ3) is 3.23. The Hall–Kier alpha value is -1.04. The molecular formula is C10H17N3O2S. The Morgan fingerprint density at radius 2 is 2.31 bits per heavy atom. The molecule has 0 aliphatic heterocycles. The molecule has 1 aliphatic carbocycles. The molecule has 0 spiro atoms. The molecule has 0 amide bonds. The third-order valence-electron chi connectivity index (χ3n) is 2.56. The summed E-state index contributed by atoms with van der Waals surface area (Å²) in [6.45, 7) is 2.07. The van der Waals surface area contributed by atoms with Crippen molar-refractivity contribution in [2.24, 2.45) is 5.92 Å². The van der Waals surface area contributed by atoms with E-state index in [4.69, 9.17) is 0 Å². The molecule has 0 aromatic carbocycles. The van der Waals surface area contributed by atoms with Crippen LogP contribution in [-0.4, -0.2) is 24.4 Å². The zero-order chi connectivity index (χ0) is 11.6. The van der Waals surface area contributed by atoms with Gasteiger partial charge >= 0.3 is 0 Å². The van der Waals surface area contributed by atoms with Crippen molar-refractivity contribution >= 4 is 15.8 Å². The van der Waals surface area contributed by atoms with Crippen molar-refractivity contribution in [3.05, 3.63) is 11.8 Å². The highest BCUT2D eigenvalue weighted by Gasteiger charge is 2.28. The second-order valence-corrected chi connectivity index (χ2v) is 6.12. The minimum absolute atomic E-state index is 0.225. The van der Waals surface area contributed by atoms with Crippen molar-refractivity contribution in [3.8, 4) is 0 Å². The summed E-state index contributed by atoms with van der Waals surface area (Å²) in [5, 5.41) is 6.75. The molecule has 6 heteroatoms. The van der Waals surface area contributed by atoms with Crippen LogP contribution in [0, 0.1) is 5.92 Å². The summed E-state index contributed by atoms with van der Waals surface area (Å²) >= 11 is 0. The Morgan fingerprint density at radius 3 is 2.94 bits per heavy atom. The van der Waals surface area contributed by atoms with Crippen molar-refractivity contribution in [3.63, 3.8) is 0 Å². The second-order valence-electron chi connectivity index (χ2n) is 4.36. The molecule has 0 atom stereocenters. The first-order chi connectivity index (χ1) is 7.59. The van der Waals surface area contributed by atoms with E-state index in [0.29, 0.717) is 11.7 Å². The van der Waals surface area contributed by atoms with Crippen LogP contribution in [0.4, 0.5) is 5.82 Å². The highest BCUT2D eigenvalue weighted by atomic mass is 32.2. The summed E-state index contributed by atoms with van der Waals surface area (Å²) in [4.78, 5) is 0. The largest absolute Gasteiger partial charge is 0.280 e. The maximum Gasteiger partial charge on any atom is 0.234 e. The topological polar surface area (TPSA) is 74.8 Å². The molecule has 1 saturated carbocycles. The first-order valence-corrected chi connectivity index (χ1v) is 7.29. The standard InChI is InChI=1S/C10H17N3O2S/c1-2-3-9-6-10(12-11-9)13-16(14,15)7-8-4-5-8/h6,8H,2-5,7H2,1H3,(H2,11,12,13). The number of aromatic nitrogens is 2. The van der Waals surface area contributed by atoms with Gasteiger partial charge in [0, 0.05) is 11.8 Å². The van der Waals surface area contributed by atoms with Gasteiger partial charge in [0.2, 0.25) is 10.0 Å². The lowest BCUT2D eigenvalue weighted by Gasteiger charge is -2.02. The molecule has 2 N–H and O–H groups in total. The fourth-order valence-corrected chi connectivity index (χ4v) is 3.07. The van der Waals surface area contributed by atoms with Gasteiger partial charge in [0.05, 0.1) is 5.75 Å². The lowest BCUT2D eigenvalue weighted by atomic mass is 10.2. The lowest BCUT2D eigenvalue weighted by Crippen LogP contribution is -2.18. The van der Waals surface area contributed by atoms with Crippen LogP contribution in [0.25, 0.3) is 0 Å². The van der Waals surface area contributed by atoms with Crippen LogP contribution in [0.15, 0.2) is 6.07 Å². The first kappa shape index (κ1) is 11.4. The summed E-state index contributed by atoms with van der Waals surface area (Å²) in [5.74, 6) is 0.985. The fraction of sp³-hybridized carbons (Fsp3) is 0.700. The summed E-state index contributed by atoms with van der Waals surface area (Å²) < 4.78 is 25.8. The van der Waals surface area contributed by atoms with E-state index in [-0.39, 0.29) is 5.75 Å². The summed E-state index contributed by atoms with van der Waals surface area (Å²) in [5.41, 5.74) is 0.964. The zero-order valence-corrected chi connectivity index (χ0v) is 10.2. The number of anilines is 1. The summed E-state index contributed by atoms with van der Waals surface area (Å²) in [7, 11) is -3.21. The van der Waals surface area contributed by atoms with Crippen LogP contribution >= 0.6 is 0 Å². The number of H-pyrrole nitrogens is 1. The van der Waals surface area contributed by atoms with Crippen LogP contribution in [-0.2, 0) is 16.4 Å². The van der Waals surface area contributed by atoms with Gasteiger partial charge in [-0.3, -0.25) is 9.82 Å². The molecule has 1 aromatic rings. The van der Waals surface area contributed by atoms with Gasteiger partial charge in [-0.2, -0.15) is 5.10 Å². The minimum atomic E-state index is -3.21. The van der Waals surface area contributed by atoms with E-state index in [2.05, 4.69) is 21.8 Å². The summed E-state index contributed by atoms with van der Waals surface area (Å²) in [6, 6.07) is 1.76. The molecule has 0 unspecified atom stereocenters. The highest BCUT2D eigenvalue weighted by Crippen LogP contribution is 2.30. The molecule has 16 heavy (non-hydrogen) atoms. The van der Waals surface area contributed by atoms with Gasteiger partial charge in [0.25, 0.3) is 0 Å². The predicted octanol–water partition coefficient (Wildman–Crippen LogP) is 1.51. The second kappa shape index (κ2) is 4.45. The van der Waals surface area contributed by atoms with E-state index in [9.17, 15) is 8.42 Å². The average Bonchev–Trinajstić information content (AvgIpc) is 2.87. The predicted molar refractivity (Wildman–Crippen MR) is 62.7 cm³/mol. The van der Waals surface area contributed by atoms with Crippen molar-refractivity contribution in [2.45, 2.75) is 32.6 Å². The van der Waals surface area contributed by atoms with Gasteiger partial charge in [-0.15, -0.1) is 0 Å². The Morgan fingerprint density at radius 1 is 1.56 bits per heavy atom. The van der Waals surface area contributed by atoms with Gasteiger partial charge < -0.3 is 0 Å². The van der Waals surface area contributed by atoms with Gasteiger partial charge in [0.15, 0.2) is 5.82 Å². The van der Waals surface area contributed by atoms with Gasteiger partial charge in [-0.25, -0.2) is 8.42 Å². The van der Waals surface area contributed by atoms with Crippen LogP contribution in [0.5, 0.6) is 0 Å². The number of aromatic amines is 1. The number of aryl methyl sites for hydroxylation is 1. The average molecular weight is 243 g/mol. The molecule has 1 aliphatic rings. The van der Waals surface area contributed by atoms with Crippen LogP contribution in [0.1, 0.15) is 31.9 Å². The van der Waals surface area contributed by atoms with Crippen molar-refractivity contribution < 1.29 is 8.42 Å². The van der Waals surface area contributed by atoms with Gasteiger partial charge in [-0.1, -0.05) is 13.3 Å². The van der Waals surface area contributed by atoms with E-state index in [1.165, 1.54) is 0 Å². The molecule has 0 saturated heterocycles. The minimum Gasteiger partial charge on any atom is -0.280 e. The Kier molecular flexibility index (Phi) is 3.18. The van der Waals surface area contributed by atoms with Crippen LogP contribution in [0.3, 0.4) is 0 Å². The lowest BCUT2D eigenvalue weighted by molar-refractivity contribution is 0.597. The molecular weight excluding hydrogens is 226 g/mol. The van der Waals surface area contributed by atoms with E-state index in [1.54, 1.807) is 6.07 Å². The van der Waals surface area contributed by atoms with Crippen molar-refractivity contribution in [1.82, 2.24) is 10.2 Å². The number of nitrogens with one attached hydrogen (secondary N) is 2. The van der Waals surface area contributed by atoms with E-state index in [1.807, 2.05) is 0 Å². The number of hydrogen-bond acceptors (Lipinski definition) is 3. The number of rotatable bonds is 6. The SMILES string of the molecule is CCCc1cc(NS(=O)(=O)CC2CC2)n[nH]1. The Balaban J connectivity index is 1.96. The molecule has 90 valence electrons. The molecule has 2 rings (SSSR count). The van der Waals surface area contributed by atoms with Crippen LogP contribution in [0.2, 0.25) is 0 Å². The maximum atomic E-state index is 11.7. The maximum absolute atomic E-state index is 11.7. The fourth-order valence-electron chi connectivity index (χ4n) is 1.61. The van der Waals surface area contributed by atoms with E-state index in [0.717, 1.165) is 31.4 Å². The van der Waals surface area contributed by atoms with Crippen molar-refractivity contribution in [2.75, 3.05) is 10.5 Å². The molecule has 1 fully saturated rings. The Bertz CT molecular complexity index is 448.